The summed E-state index contributed by atoms with van der Waals surface area (Å²) in [6.07, 6.45) is 0.136. The minimum absolute atomic E-state index is 0.136. The second-order valence-electron chi connectivity index (χ2n) is 2.34. The van der Waals surface area contributed by atoms with E-state index in [0.717, 1.165) is 0 Å². The molecule has 1 rings (SSSR count). The molecule has 0 fully saturated rings. The zero-order valence-electron chi connectivity index (χ0n) is 6.71. The van der Waals surface area contributed by atoms with E-state index in [9.17, 15) is 18.0 Å². The predicted octanol–water partition coefficient (Wildman–Crippen LogP) is 1.95. The molecule has 3 nitrogen and oxygen atoms in total. The highest BCUT2D eigenvalue weighted by molar-refractivity contribution is 5.80. The fourth-order valence-electron chi connectivity index (χ4n) is 0.870. The number of benzene rings is 1. The largest absolute Gasteiger partial charge is 0.504 e. The first-order valence-corrected chi connectivity index (χ1v) is 3.47. The second-order valence-corrected chi connectivity index (χ2v) is 2.34. The van der Waals surface area contributed by atoms with Gasteiger partial charge in [0.1, 0.15) is 5.82 Å². The highest BCUT2D eigenvalue weighted by Gasteiger charge is 2.14. The van der Waals surface area contributed by atoms with Gasteiger partial charge < -0.3 is 9.84 Å². The minimum atomic E-state index is -3.19. The van der Waals surface area contributed by atoms with E-state index in [2.05, 4.69) is 4.74 Å². The van der Waals surface area contributed by atoms with Crippen molar-refractivity contribution >= 4 is 6.29 Å². The summed E-state index contributed by atoms with van der Waals surface area (Å²) in [5.41, 5.74) is -0.444. The Morgan fingerprint density at radius 1 is 1.43 bits per heavy atom. The van der Waals surface area contributed by atoms with Gasteiger partial charge in [-0.15, -0.1) is 0 Å². The summed E-state index contributed by atoms with van der Waals surface area (Å²) in [6.45, 7) is -3.19. The molecule has 0 aliphatic rings. The molecule has 1 aromatic carbocycles. The molecule has 1 N–H and O–H groups in total. The van der Waals surface area contributed by atoms with Gasteiger partial charge in [-0.3, -0.25) is 4.79 Å². The van der Waals surface area contributed by atoms with Crippen molar-refractivity contribution in [3.8, 4) is 11.5 Å². The predicted molar refractivity (Wildman–Crippen MR) is 40.1 cm³/mol. The van der Waals surface area contributed by atoms with Crippen LogP contribution in [-0.4, -0.2) is 18.0 Å². The molecule has 1 aromatic rings. The molecule has 0 bridgehead atoms. The van der Waals surface area contributed by atoms with E-state index in [4.69, 9.17) is 5.11 Å². The summed E-state index contributed by atoms with van der Waals surface area (Å²) >= 11 is 0. The molecule has 0 radical (unpaired) electrons. The lowest BCUT2D eigenvalue weighted by atomic mass is 10.2. The monoisotopic (exact) mass is 206 g/mol. The molecular formula is C8H5F3O3. The number of aromatic hydroxyl groups is 1. The molecule has 0 unspecified atom stereocenters. The summed E-state index contributed by atoms with van der Waals surface area (Å²) in [4.78, 5) is 10.2. The zero-order chi connectivity index (χ0) is 10.7. The van der Waals surface area contributed by atoms with Crippen molar-refractivity contribution in [3.63, 3.8) is 0 Å². The second kappa shape index (κ2) is 3.99. The summed E-state index contributed by atoms with van der Waals surface area (Å²) in [6, 6.07) is 1.27. The maximum atomic E-state index is 12.7. The summed E-state index contributed by atoms with van der Waals surface area (Å²) in [5, 5.41) is 9.11. The van der Waals surface area contributed by atoms with Crippen molar-refractivity contribution in [2.75, 3.05) is 0 Å². The first-order valence-electron chi connectivity index (χ1n) is 3.47. The van der Waals surface area contributed by atoms with Crippen LogP contribution in [0.25, 0.3) is 0 Å². The smallest absolute Gasteiger partial charge is 0.387 e. The Morgan fingerprint density at radius 2 is 2.07 bits per heavy atom. The molecule has 0 atom stereocenters. The summed E-state index contributed by atoms with van der Waals surface area (Å²) in [5.74, 6) is -2.51. The molecule has 0 aliphatic carbocycles. The van der Waals surface area contributed by atoms with Crippen LogP contribution in [-0.2, 0) is 0 Å². The van der Waals surface area contributed by atoms with E-state index in [0.29, 0.717) is 12.1 Å². The first-order chi connectivity index (χ1) is 6.54. The van der Waals surface area contributed by atoms with Crippen molar-refractivity contribution in [2.45, 2.75) is 6.61 Å². The average Bonchev–Trinajstić information content (AvgIpc) is 2.09. The highest BCUT2D eigenvalue weighted by Crippen LogP contribution is 2.31. The van der Waals surface area contributed by atoms with Crippen LogP contribution in [0.5, 0.6) is 11.5 Å². The first kappa shape index (κ1) is 10.4. The van der Waals surface area contributed by atoms with Gasteiger partial charge in [0.2, 0.25) is 0 Å². The molecule has 76 valence electrons. The zero-order valence-corrected chi connectivity index (χ0v) is 6.71. The van der Waals surface area contributed by atoms with Crippen LogP contribution in [0.1, 0.15) is 10.4 Å². The minimum Gasteiger partial charge on any atom is -0.504 e. The number of carbonyl (C=O) groups is 1. The van der Waals surface area contributed by atoms with E-state index in [-0.39, 0.29) is 6.29 Å². The van der Waals surface area contributed by atoms with Crippen LogP contribution in [0.3, 0.4) is 0 Å². The number of ether oxygens (including phenoxy) is 1. The van der Waals surface area contributed by atoms with E-state index in [1.165, 1.54) is 0 Å². The SMILES string of the molecule is O=Cc1cc(F)cc(OC(F)F)c1O. The Morgan fingerprint density at radius 3 is 2.57 bits per heavy atom. The fourth-order valence-corrected chi connectivity index (χ4v) is 0.870. The molecular weight excluding hydrogens is 201 g/mol. The van der Waals surface area contributed by atoms with Gasteiger partial charge in [-0.1, -0.05) is 0 Å². The Balaban J connectivity index is 3.15. The van der Waals surface area contributed by atoms with Crippen molar-refractivity contribution in [3.05, 3.63) is 23.5 Å². The number of phenolic OH excluding ortho intramolecular Hbond substituents is 1. The lowest BCUT2D eigenvalue weighted by Gasteiger charge is -2.07. The van der Waals surface area contributed by atoms with Crippen molar-refractivity contribution < 1.29 is 27.8 Å². The molecule has 14 heavy (non-hydrogen) atoms. The topological polar surface area (TPSA) is 46.5 Å². The molecule has 0 aromatic heterocycles. The number of aldehydes is 1. The number of carbonyl (C=O) groups excluding carboxylic acids is 1. The third-order valence-corrected chi connectivity index (χ3v) is 1.41. The molecule has 0 saturated heterocycles. The number of hydrogen-bond acceptors (Lipinski definition) is 3. The number of hydrogen-bond donors (Lipinski definition) is 1. The number of halogens is 3. The van der Waals surface area contributed by atoms with Gasteiger partial charge in [0.05, 0.1) is 5.56 Å². The lowest BCUT2D eigenvalue weighted by Crippen LogP contribution is -2.03. The van der Waals surface area contributed by atoms with Crippen LogP contribution >= 0.6 is 0 Å². The van der Waals surface area contributed by atoms with Crippen LogP contribution in [0, 0.1) is 5.82 Å². The standard InChI is InChI=1S/C8H5F3O3/c9-5-1-4(3-12)7(13)6(2-5)14-8(10)11/h1-3,8,13H. The van der Waals surface area contributed by atoms with Crippen LogP contribution < -0.4 is 4.74 Å². The Kier molecular flexibility index (Phi) is 2.95. The number of alkyl halides is 2. The lowest BCUT2D eigenvalue weighted by molar-refractivity contribution is -0.0514. The van der Waals surface area contributed by atoms with Gasteiger partial charge in [0, 0.05) is 6.07 Å². The Labute approximate surface area is 76.7 Å². The van der Waals surface area contributed by atoms with Crippen LogP contribution in [0.2, 0.25) is 0 Å². The van der Waals surface area contributed by atoms with Crippen LogP contribution in [0.15, 0.2) is 12.1 Å². The maximum Gasteiger partial charge on any atom is 0.387 e. The van der Waals surface area contributed by atoms with E-state index in [1.54, 1.807) is 0 Å². The van der Waals surface area contributed by atoms with Crippen molar-refractivity contribution in [2.24, 2.45) is 0 Å². The molecule has 0 spiro atoms. The average molecular weight is 206 g/mol. The van der Waals surface area contributed by atoms with Gasteiger partial charge in [-0.05, 0) is 6.07 Å². The molecule has 0 amide bonds. The Bertz CT molecular complexity index is 352. The molecule has 0 saturated carbocycles. The van der Waals surface area contributed by atoms with Gasteiger partial charge in [0.15, 0.2) is 17.8 Å². The van der Waals surface area contributed by atoms with Crippen LogP contribution in [0.4, 0.5) is 13.2 Å². The molecule has 6 heteroatoms. The van der Waals surface area contributed by atoms with E-state index < -0.39 is 29.5 Å². The van der Waals surface area contributed by atoms with E-state index >= 15 is 0 Å². The van der Waals surface area contributed by atoms with Crippen molar-refractivity contribution in [1.82, 2.24) is 0 Å². The van der Waals surface area contributed by atoms with E-state index in [1.807, 2.05) is 0 Å². The van der Waals surface area contributed by atoms with Gasteiger partial charge in [-0.25, -0.2) is 4.39 Å². The molecule has 0 heterocycles. The number of phenols is 1. The van der Waals surface area contributed by atoms with Crippen molar-refractivity contribution in [1.29, 1.82) is 0 Å². The van der Waals surface area contributed by atoms with Gasteiger partial charge in [-0.2, -0.15) is 8.78 Å². The fraction of sp³-hybridized carbons (Fsp3) is 0.125. The van der Waals surface area contributed by atoms with Gasteiger partial charge in [0.25, 0.3) is 0 Å². The Hall–Kier alpha value is -1.72. The third kappa shape index (κ3) is 2.15. The maximum absolute atomic E-state index is 12.7. The van der Waals surface area contributed by atoms with Gasteiger partial charge >= 0.3 is 6.61 Å². The normalized spacial score (nSPS) is 10.3. The third-order valence-electron chi connectivity index (χ3n) is 1.41. The quantitative estimate of drug-likeness (QED) is 0.768. The summed E-state index contributed by atoms with van der Waals surface area (Å²) in [7, 11) is 0. The summed E-state index contributed by atoms with van der Waals surface area (Å²) < 4.78 is 39.9. The molecule has 0 aliphatic heterocycles. The number of rotatable bonds is 3. The highest BCUT2D eigenvalue weighted by atomic mass is 19.3.